The van der Waals surface area contributed by atoms with Gasteiger partial charge in [-0.1, -0.05) is 12.1 Å². The Balaban J connectivity index is 1.96. The molecule has 86 valence electrons. The molecule has 1 heterocycles. The van der Waals surface area contributed by atoms with Gasteiger partial charge in [0.05, 0.1) is 6.10 Å². The lowest BCUT2D eigenvalue weighted by molar-refractivity contribution is 0.183. The second-order valence-corrected chi connectivity index (χ2v) is 4.17. The lowest BCUT2D eigenvalue weighted by Gasteiger charge is -2.07. The standard InChI is InChI=1S/C13H18N2O/c1-10(16)5-7-14-9-11-3-2-4-13-12(11)6-8-15-13/h2-4,6,8,10,14-16H,5,7,9H2,1H3. The first kappa shape index (κ1) is 11.2. The third-order valence-electron chi connectivity index (χ3n) is 2.74. The van der Waals surface area contributed by atoms with Crippen molar-refractivity contribution in [2.45, 2.75) is 26.0 Å². The summed E-state index contributed by atoms with van der Waals surface area (Å²) in [6.45, 7) is 3.51. The van der Waals surface area contributed by atoms with Crippen molar-refractivity contribution in [3.63, 3.8) is 0 Å². The van der Waals surface area contributed by atoms with Crippen molar-refractivity contribution in [2.75, 3.05) is 6.54 Å². The number of aliphatic hydroxyl groups excluding tert-OH is 1. The molecule has 1 atom stereocenters. The molecule has 1 aromatic heterocycles. The summed E-state index contributed by atoms with van der Waals surface area (Å²) in [6.07, 6.45) is 2.53. The molecule has 1 unspecified atom stereocenters. The Morgan fingerprint density at radius 1 is 1.38 bits per heavy atom. The first-order chi connectivity index (χ1) is 7.77. The minimum Gasteiger partial charge on any atom is -0.393 e. The fourth-order valence-corrected chi connectivity index (χ4v) is 1.84. The lowest BCUT2D eigenvalue weighted by atomic mass is 10.1. The zero-order valence-electron chi connectivity index (χ0n) is 9.53. The number of nitrogens with one attached hydrogen (secondary N) is 2. The number of aliphatic hydroxyl groups is 1. The summed E-state index contributed by atoms with van der Waals surface area (Å²) in [5.74, 6) is 0. The van der Waals surface area contributed by atoms with E-state index in [1.54, 1.807) is 0 Å². The largest absolute Gasteiger partial charge is 0.393 e. The number of aromatic nitrogens is 1. The van der Waals surface area contributed by atoms with Crippen LogP contribution >= 0.6 is 0 Å². The molecule has 0 saturated carbocycles. The molecule has 0 saturated heterocycles. The molecule has 16 heavy (non-hydrogen) atoms. The Hall–Kier alpha value is -1.32. The molecule has 0 aliphatic rings. The van der Waals surface area contributed by atoms with E-state index in [1.165, 1.54) is 16.5 Å². The number of H-pyrrole nitrogens is 1. The van der Waals surface area contributed by atoms with Crippen LogP contribution in [0, 0.1) is 0 Å². The van der Waals surface area contributed by atoms with Gasteiger partial charge >= 0.3 is 0 Å². The first-order valence-corrected chi connectivity index (χ1v) is 5.71. The van der Waals surface area contributed by atoms with Gasteiger partial charge in [0.25, 0.3) is 0 Å². The Kier molecular flexibility index (Phi) is 3.59. The van der Waals surface area contributed by atoms with Gasteiger partial charge in [-0.15, -0.1) is 0 Å². The van der Waals surface area contributed by atoms with Gasteiger partial charge in [-0.25, -0.2) is 0 Å². The van der Waals surface area contributed by atoms with Crippen molar-refractivity contribution >= 4 is 10.9 Å². The molecule has 0 aliphatic carbocycles. The average Bonchev–Trinajstić information content (AvgIpc) is 2.72. The summed E-state index contributed by atoms with van der Waals surface area (Å²) in [5, 5.41) is 13.8. The van der Waals surface area contributed by atoms with Crippen LogP contribution in [0.15, 0.2) is 30.5 Å². The van der Waals surface area contributed by atoms with E-state index in [-0.39, 0.29) is 6.10 Å². The highest BCUT2D eigenvalue weighted by atomic mass is 16.3. The van der Waals surface area contributed by atoms with Crippen LogP contribution in [0.4, 0.5) is 0 Å². The van der Waals surface area contributed by atoms with E-state index in [0.29, 0.717) is 0 Å². The number of benzene rings is 1. The normalized spacial score (nSPS) is 13.1. The Bertz CT molecular complexity index is 448. The van der Waals surface area contributed by atoms with Crippen LogP contribution in [0.25, 0.3) is 10.9 Å². The number of aromatic amines is 1. The Labute approximate surface area is 95.5 Å². The van der Waals surface area contributed by atoms with Crippen LogP contribution < -0.4 is 5.32 Å². The van der Waals surface area contributed by atoms with Gasteiger partial charge in [-0.3, -0.25) is 0 Å². The smallest absolute Gasteiger partial charge is 0.0524 e. The van der Waals surface area contributed by atoms with Crippen molar-refractivity contribution in [1.82, 2.24) is 10.3 Å². The van der Waals surface area contributed by atoms with Crippen molar-refractivity contribution in [1.29, 1.82) is 0 Å². The molecule has 3 heteroatoms. The summed E-state index contributed by atoms with van der Waals surface area (Å²) in [6, 6.07) is 8.37. The monoisotopic (exact) mass is 218 g/mol. The van der Waals surface area contributed by atoms with Gasteiger partial charge < -0.3 is 15.4 Å². The van der Waals surface area contributed by atoms with Gasteiger partial charge in [0, 0.05) is 23.6 Å². The number of hydrogen-bond donors (Lipinski definition) is 3. The van der Waals surface area contributed by atoms with Crippen molar-refractivity contribution in [3.05, 3.63) is 36.0 Å². The summed E-state index contributed by atoms with van der Waals surface area (Å²) >= 11 is 0. The predicted molar refractivity (Wildman–Crippen MR) is 66.3 cm³/mol. The summed E-state index contributed by atoms with van der Waals surface area (Å²) in [5.41, 5.74) is 2.47. The predicted octanol–water partition coefficient (Wildman–Crippen LogP) is 2.03. The van der Waals surface area contributed by atoms with Crippen molar-refractivity contribution in [2.24, 2.45) is 0 Å². The third-order valence-corrected chi connectivity index (χ3v) is 2.74. The molecular formula is C13H18N2O. The summed E-state index contributed by atoms with van der Waals surface area (Å²) < 4.78 is 0. The van der Waals surface area contributed by atoms with E-state index in [1.807, 2.05) is 13.1 Å². The highest BCUT2D eigenvalue weighted by Crippen LogP contribution is 2.16. The van der Waals surface area contributed by atoms with E-state index in [4.69, 9.17) is 5.11 Å². The fourth-order valence-electron chi connectivity index (χ4n) is 1.84. The number of rotatable bonds is 5. The molecule has 2 aromatic rings. The Morgan fingerprint density at radius 2 is 2.25 bits per heavy atom. The maximum absolute atomic E-state index is 9.14. The van der Waals surface area contributed by atoms with Crippen LogP contribution in [0.2, 0.25) is 0 Å². The van der Waals surface area contributed by atoms with Gasteiger partial charge in [0.2, 0.25) is 0 Å². The van der Waals surface area contributed by atoms with Crippen LogP contribution in [0.1, 0.15) is 18.9 Å². The lowest BCUT2D eigenvalue weighted by Crippen LogP contribution is -2.18. The van der Waals surface area contributed by atoms with E-state index in [2.05, 4.69) is 34.6 Å². The second kappa shape index (κ2) is 5.14. The van der Waals surface area contributed by atoms with Crippen LogP contribution in [0.5, 0.6) is 0 Å². The molecule has 2 rings (SSSR count). The molecule has 3 nitrogen and oxygen atoms in total. The second-order valence-electron chi connectivity index (χ2n) is 4.17. The first-order valence-electron chi connectivity index (χ1n) is 5.71. The Morgan fingerprint density at radius 3 is 3.06 bits per heavy atom. The van der Waals surface area contributed by atoms with E-state index in [9.17, 15) is 0 Å². The van der Waals surface area contributed by atoms with Crippen molar-refractivity contribution < 1.29 is 5.11 Å². The van der Waals surface area contributed by atoms with Gasteiger partial charge in [0.15, 0.2) is 0 Å². The highest BCUT2D eigenvalue weighted by molar-refractivity contribution is 5.82. The molecule has 0 spiro atoms. The molecule has 0 bridgehead atoms. The maximum atomic E-state index is 9.14. The maximum Gasteiger partial charge on any atom is 0.0524 e. The van der Waals surface area contributed by atoms with E-state index in [0.717, 1.165) is 19.5 Å². The molecule has 0 fully saturated rings. The number of hydrogen-bond acceptors (Lipinski definition) is 2. The zero-order chi connectivity index (χ0) is 11.4. The van der Waals surface area contributed by atoms with E-state index >= 15 is 0 Å². The molecule has 0 radical (unpaired) electrons. The highest BCUT2D eigenvalue weighted by Gasteiger charge is 2.01. The topological polar surface area (TPSA) is 48.0 Å². The zero-order valence-corrected chi connectivity index (χ0v) is 9.53. The minimum absolute atomic E-state index is 0.226. The van der Waals surface area contributed by atoms with Gasteiger partial charge in [0.1, 0.15) is 0 Å². The minimum atomic E-state index is -0.226. The van der Waals surface area contributed by atoms with E-state index < -0.39 is 0 Å². The molecule has 1 aromatic carbocycles. The summed E-state index contributed by atoms with van der Waals surface area (Å²) in [7, 11) is 0. The molecule has 3 N–H and O–H groups in total. The number of fused-ring (bicyclic) bond motifs is 1. The van der Waals surface area contributed by atoms with Crippen LogP contribution in [0.3, 0.4) is 0 Å². The van der Waals surface area contributed by atoms with Crippen LogP contribution in [-0.4, -0.2) is 22.7 Å². The summed E-state index contributed by atoms with van der Waals surface area (Å²) in [4.78, 5) is 3.20. The molecule has 0 aliphatic heterocycles. The SMILES string of the molecule is CC(O)CCNCc1cccc2[nH]ccc12. The molecule has 0 amide bonds. The van der Waals surface area contributed by atoms with Gasteiger partial charge in [-0.05, 0) is 37.6 Å². The third kappa shape index (κ3) is 2.62. The fraction of sp³-hybridized carbons (Fsp3) is 0.385. The quantitative estimate of drug-likeness (QED) is 0.672. The average molecular weight is 218 g/mol. The van der Waals surface area contributed by atoms with Crippen molar-refractivity contribution in [3.8, 4) is 0 Å². The van der Waals surface area contributed by atoms with Crippen LogP contribution in [-0.2, 0) is 6.54 Å². The molecular weight excluding hydrogens is 200 g/mol. The van der Waals surface area contributed by atoms with Gasteiger partial charge in [-0.2, -0.15) is 0 Å².